The molecule has 1 rings (SSSR count). The van der Waals surface area contributed by atoms with E-state index in [4.69, 9.17) is 9.84 Å². The molecule has 1 aliphatic rings. The van der Waals surface area contributed by atoms with E-state index in [2.05, 4.69) is 12.6 Å². The first-order valence-electron chi connectivity index (χ1n) is 3.52. The van der Waals surface area contributed by atoms with Gasteiger partial charge in [0.05, 0.1) is 18.8 Å². The molecule has 0 aromatic carbocycles. The molecule has 3 unspecified atom stereocenters. The summed E-state index contributed by atoms with van der Waals surface area (Å²) in [6.45, 7) is 0.198. The molecular weight excluding hydrogens is 164 g/mol. The molecule has 3 nitrogen and oxygen atoms in total. The van der Waals surface area contributed by atoms with Crippen molar-refractivity contribution in [2.24, 2.45) is 0 Å². The Balaban J connectivity index is 2.39. The minimum atomic E-state index is -0.737. The minimum absolute atomic E-state index is 0.106. The molecule has 0 spiro atoms. The third-order valence-electron chi connectivity index (χ3n) is 1.70. The summed E-state index contributed by atoms with van der Waals surface area (Å²) in [5.41, 5.74) is 0. The maximum absolute atomic E-state index is 9.19. The van der Waals surface area contributed by atoms with Gasteiger partial charge in [-0.25, -0.2) is 0 Å². The van der Waals surface area contributed by atoms with E-state index in [1.165, 1.54) is 0 Å². The van der Waals surface area contributed by atoms with E-state index in [1.807, 2.05) is 0 Å². The van der Waals surface area contributed by atoms with Gasteiger partial charge in [-0.3, -0.25) is 0 Å². The van der Waals surface area contributed by atoms with Crippen LogP contribution in [0, 0.1) is 0 Å². The van der Waals surface area contributed by atoms with E-state index in [0.717, 1.165) is 0 Å². The van der Waals surface area contributed by atoms with Gasteiger partial charge in [0, 0.05) is 6.42 Å². The number of hydrogen-bond acceptors (Lipinski definition) is 4. The molecule has 1 fully saturated rings. The topological polar surface area (TPSA) is 49.7 Å². The first-order chi connectivity index (χ1) is 5.24. The molecule has 0 amide bonds. The zero-order chi connectivity index (χ0) is 8.27. The molecule has 0 aromatic rings. The highest BCUT2D eigenvalue weighted by molar-refractivity contribution is 7.83. The summed E-state index contributed by atoms with van der Waals surface area (Å²) in [4.78, 5) is 0. The fourth-order valence-electron chi connectivity index (χ4n) is 1.03. The summed E-state index contributed by atoms with van der Waals surface area (Å²) < 4.78 is 5.16. The highest BCUT2D eigenvalue weighted by Crippen LogP contribution is 2.15. The number of thiol groups is 1. The lowest BCUT2D eigenvalue weighted by molar-refractivity contribution is -0.107. The maximum Gasteiger partial charge on any atom is 0.103 e. The summed E-state index contributed by atoms with van der Waals surface area (Å²) in [7, 11) is 0. The highest BCUT2D eigenvalue weighted by Gasteiger charge is 2.26. The Morgan fingerprint density at radius 1 is 1.36 bits per heavy atom. The zero-order valence-electron chi connectivity index (χ0n) is 6.05. The minimum Gasteiger partial charge on any atom is -0.390 e. The summed E-state index contributed by atoms with van der Waals surface area (Å²) >= 11 is 3.88. The van der Waals surface area contributed by atoms with Gasteiger partial charge in [0.2, 0.25) is 0 Å². The van der Waals surface area contributed by atoms with E-state index in [-0.39, 0.29) is 12.7 Å². The number of aliphatic hydroxyl groups excluding tert-OH is 2. The van der Waals surface area contributed by atoms with Crippen LogP contribution in [0.4, 0.5) is 0 Å². The SMILES string of the molecule is OC1COC(/C=C/S)CC1O. The van der Waals surface area contributed by atoms with Crippen molar-refractivity contribution in [2.75, 3.05) is 6.61 Å². The van der Waals surface area contributed by atoms with Crippen molar-refractivity contribution in [3.8, 4) is 0 Å². The molecular formula is C7H12O3S. The monoisotopic (exact) mass is 176 g/mol. The number of aliphatic hydroxyl groups is 2. The highest BCUT2D eigenvalue weighted by atomic mass is 32.1. The third-order valence-corrected chi connectivity index (χ3v) is 1.87. The van der Waals surface area contributed by atoms with Gasteiger partial charge in [0.15, 0.2) is 0 Å². The van der Waals surface area contributed by atoms with Crippen LogP contribution in [0.15, 0.2) is 11.5 Å². The van der Waals surface area contributed by atoms with Crippen LogP contribution < -0.4 is 0 Å². The lowest BCUT2D eigenvalue weighted by atomic mass is 10.0. The molecule has 0 radical (unpaired) electrons. The van der Waals surface area contributed by atoms with E-state index in [1.54, 1.807) is 11.5 Å². The lowest BCUT2D eigenvalue weighted by Gasteiger charge is -2.28. The number of hydrogen-bond donors (Lipinski definition) is 3. The van der Waals surface area contributed by atoms with Gasteiger partial charge >= 0.3 is 0 Å². The third kappa shape index (κ3) is 2.48. The Hall–Kier alpha value is -0.0300. The molecule has 4 heteroatoms. The van der Waals surface area contributed by atoms with Crippen LogP contribution in [0.25, 0.3) is 0 Å². The predicted molar refractivity (Wildman–Crippen MR) is 44.5 cm³/mol. The van der Waals surface area contributed by atoms with Crippen LogP contribution in [0.1, 0.15) is 6.42 Å². The number of ether oxygens (including phenoxy) is 1. The molecule has 2 N–H and O–H groups in total. The van der Waals surface area contributed by atoms with Gasteiger partial charge < -0.3 is 14.9 Å². The summed E-state index contributed by atoms with van der Waals surface area (Å²) in [5.74, 6) is 0. The molecule has 1 aliphatic heterocycles. The molecule has 3 atom stereocenters. The van der Waals surface area contributed by atoms with Crippen molar-refractivity contribution >= 4 is 12.6 Å². The lowest BCUT2D eigenvalue weighted by Crippen LogP contribution is -2.40. The normalized spacial score (nSPS) is 39.7. The van der Waals surface area contributed by atoms with Crippen molar-refractivity contribution in [2.45, 2.75) is 24.7 Å². The second kappa shape index (κ2) is 4.11. The summed E-state index contributed by atoms with van der Waals surface area (Å²) in [6, 6.07) is 0. The molecule has 0 aliphatic carbocycles. The largest absolute Gasteiger partial charge is 0.390 e. The van der Waals surface area contributed by atoms with Gasteiger partial charge in [0.25, 0.3) is 0 Å². The van der Waals surface area contributed by atoms with Crippen molar-refractivity contribution in [3.05, 3.63) is 11.5 Å². The Morgan fingerprint density at radius 2 is 2.09 bits per heavy atom. The van der Waals surface area contributed by atoms with Crippen molar-refractivity contribution < 1.29 is 14.9 Å². The van der Waals surface area contributed by atoms with E-state index < -0.39 is 12.2 Å². The van der Waals surface area contributed by atoms with Crippen molar-refractivity contribution in [1.29, 1.82) is 0 Å². The smallest absolute Gasteiger partial charge is 0.103 e. The Labute approximate surface area is 71.1 Å². The van der Waals surface area contributed by atoms with Crippen molar-refractivity contribution in [3.63, 3.8) is 0 Å². The standard InChI is InChI=1S/C7H12O3S/c8-6-3-5(1-2-11)10-4-7(6)9/h1-2,5-9,11H,3-4H2/b2-1+. The fraction of sp³-hybridized carbons (Fsp3) is 0.714. The van der Waals surface area contributed by atoms with Crippen LogP contribution in [0.3, 0.4) is 0 Å². The molecule has 1 heterocycles. The quantitative estimate of drug-likeness (QED) is 0.491. The van der Waals surface area contributed by atoms with Gasteiger partial charge in [-0.2, -0.15) is 12.6 Å². The second-order valence-electron chi connectivity index (χ2n) is 2.58. The van der Waals surface area contributed by atoms with Crippen LogP contribution in [-0.2, 0) is 4.74 Å². The zero-order valence-corrected chi connectivity index (χ0v) is 6.95. The molecule has 1 saturated heterocycles. The van der Waals surface area contributed by atoms with Gasteiger partial charge in [-0.15, -0.1) is 0 Å². The first kappa shape index (κ1) is 9.06. The average Bonchev–Trinajstić information content (AvgIpc) is 1.98. The summed E-state index contributed by atoms with van der Waals surface area (Å²) in [5, 5.41) is 19.8. The molecule has 11 heavy (non-hydrogen) atoms. The molecule has 64 valence electrons. The van der Waals surface area contributed by atoms with E-state index in [9.17, 15) is 5.11 Å². The second-order valence-corrected chi connectivity index (χ2v) is 2.88. The van der Waals surface area contributed by atoms with Crippen LogP contribution in [-0.4, -0.2) is 35.1 Å². The Morgan fingerprint density at radius 3 is 2.64 bits per heavy atom. The van der Waals surface area contributed by atoms with Gasteiger partial charge in [-0.05, 0) is 11.5 Å². The van der Waals surface area contributed by atoms with Gasteiger partial charge in [0.1, 0.15) is 6.10 Å². The Bertz CT molecular complexity index is 149. The predicted octanol–water partition coefficient (Wildman–Crippen LogP) is -0.0594. The van der Waals surface area contributed by atoms with E-state index >= 15 is 0 Å². The first-order valence-corrected chi connectivity index (χ1v) is 4.04. The average molecular weight is 176 g/mol. The van der Waals surface area contributed by atoms with Crippen LogP contribution in [0.5, 0.6) is 0 Å². The van der Waals surface area contributed by atoms with Gasteiger partial charge in [-0.1, -0.05) is 0 Å². The van der Waals surface area contributed by atoms with Crippen LogP contribution >= 0.6 is 12.6 Å². The fourth-order valence-corrected chi connectivity index (χ4v) is 1.22. The maximum atomic E-state index is 9.19. The molecule has 0 aromatic heterocycles. The van der Waals surface area contributed by atoms with E-state index in [0.29, 0.717) is 6.42 Å². The van der Waals surface area contributed by atoms with Crippen molar-refractivity contribution in [1.82, 2.24) is 0 Å². The summed E-state index contributed by atoms with van der Waals surface area (Å²) in [6.07, 6.45) is 0.680. The number of rotatable bonds is 1. The van der Waals surface area contributed by atoms with Crippen LogP contribution in [0.2, 0.25) is 0 Å². The Kier molecular flexibility index (Phi) is 3.39. The molecule has 0 bridgehead atoms. The molecule has 0 saturated carbocycles.